The van der Waals surface area contributed by atoms with E-state index in [1.165, 1.54) is 17.4 Å². The summed E-state index contributed by atoms with van der Waals surface area (Å²) in [5.41, 5.74) is 1.13. The highest BCUT2D eigenvalue weighted by Gasteiger charge is 2.18. The van der Waals surface area contributed by atoms with Gasteiger partial charge in [0.1, 0.15) is 5.00 Å². The summed E-state index contributed by atoms with van der Waals surface area (Å²) in [7, 11) is 3.10. The van der Waals surface area contributed by atoms with E-state index in [0.29, 0.717) is 26.5 Å². The van der Waals surface area contributed by atoms with Crippen LogP contribution in [0, 0.1) is 0 Å². The number of anilines is 1. The monoisotopic (exact) mass is 467 g/mol. The molecule has 0 unspecified atom stereocenters. The average molecular weight is 468 g/mol. The van der Waals surface area contributed by atoms with E-state index in [1.807, 2.05) is 13.0 Å². The minimum absolute atomic E-state index is 0.275. The minimum Gasteiger partial charge on any atom is -0.493 e. The van der Waals surface area contributed by atoms with Crippen LogP contribution in [-0.4, -0.2) is 32.7 Å². The lowest BCUT2D eigenvalue weighted by Crippen LogP contribution is -2.11. The standard InChI is InChI=1S/C20H22BrNO5S/c1-5-13-11-14(20(24)27-6-2)19(28-13)22-17(23)8-7-12-9-15(21)18(26-4)16(10-12)25-3/h7-11H,5-6H2,1-4H3,(H,22,23)/b8-7+. The minimum atomic E-state index is -0.443. The molecule has 1 aromatic heterocycles. The number of carbonyl (C=O) groups is 2. The van der Waals surface area contributed by atoms with Crippen molar-refractivity contribution in [1.82, 2.24) is 0 Å². The summed E-state index contributed by atoms with van der Waals surface area (Å²) in [5, 5.41) is 3.25. The molecule has 1 N–H and O–H groups in total. The van der Waals surface area contributed by atoms with E-state index in [-0.39, 0.29) is 12.5 Å². The van der Waals surface area contributed by atoms with Gasteiger partial charge in [-0.25, -0.2) is 4.79 Å². The van der Waals surface area contributed by atoms with Crippen LogP contribution in [0.25, 0.3) is 6.08 Å². The Labute approximate surface area is 176 Å². The normalized spacial score (nSPS) is 10.8. The number of esters is 1. The number of aryl methyl sites for hydroxylation is 1. The fraction of sp³-hybridized carbons (Fsp3) is 0.300. The maximum atomic E-state index is 12.4. The first-order valence-corrected chi connectivity index (χ1v) is 10.2. The fourth-order valence-electron chi connectivity index (χ4n) is 2.43. The Hall–Kier alpha value is -2.32. The predicted octanol–water partition coefficient (Wildman–Crippen LogP) is 4.92. The molecule has 1 heterocycles. The third-order valence-corrected chi connectivity index (χ3v) is 5.53. The maximum Gasteiger partial charge on any atom is 0.341 e. The van der Waals surface area contributed by atoms with Crippen molar-refractivity contribution in [2.24, 2.45) is 0 Å². The molecule has 2 aromatic rings. The average Bonchev–Trinajstić information content (AvgIpc) is 3.09. The molecule has 0 fully saturated rings. The molecule has 2 rings (SSSR count). The summed E-state index contributed by atoms with van der Waals surface area (Å²) in [6.45, 7) is 4.01. The van der Waals surface area contributed by atoms with E-state index >= 15 is 0 Å². The number of hydrogen-bond acceptors (Lipinski definition) is 6. The Bertz CT molecular complexity index is 891. The predicted molar refractivity (Wildman–Crippen MR) is 115 cm³/mol. The molecule has 1 aromatic carbocycles. The Morgan fingerprint density at radius 3 is 2.54 bits per heavy atom. The molecule has 0 saturated heterocycles. The van der Waals surface area contributed by atoms with E-state index < -0.39 is 5.97 Å². The Kier molecular flexibility index (Phi) is 8.07. The molecule has 0 spiro atoms. The lowest BCUT2D eigenvalue weighted by molar-refractivity contribution is -0.111. The van der Waals surface area contributed by atoms with Gasteiger partial charge in [-0.2, -0.15) is 0 Å². The van der Waals surface area contributed by atoms with Crippen molar-refractivity contribution in [1.29, 1.82) is 0 Å². The summed E-state index contributed by atoms with van der Waals surface area (Å²) in [4.78, 5) is 25.5. The van der Waals surface area contributed by atoms with Crippen LogP contribution in [0.3, 0.4) is 0 Å². The quantitative estimate of drug-likeness (QED) is 0.440. The first kappa shape index (κ1) is 22.0. The van der Waals surface area contributed by atoms with E-state index in [9.17, 15) is 9.59 Å². The van der Waals surface area contributed by atoms with Crippen LogP contribution < -0.4 is 14.8 Å². The van der Waals surface area contributed by atoms with Crippen molar-refractivity contribution in [3.8, 4) is 11.5 Å². The van der Waals surface area contributed by atoms with Gasteiger partial charge in [0.25, 0.3) is 0 Å². The second-order valence-electron chi connectivity index (χ2n) is 5.59. The molecule has 0 radical (unpaired) electrons. The van der Waals surface area contributed by atoms with E-state index in [0.717, 1.165) is 16.9 Å². The van der Waals surface area contributed by atoms with Crippen LogP contribution in [0.15, 0.2) is 28.7 Å². The van der Waals surface area contributed by atoms with Gasteiger partial charge in [-0.3, -0.25) is 4.79 Å². The zero-order chi connectivity index (χ0) is 20.7. The summed E-state index contributed by atoms with van der Waals surface area (Å²) in [6, 6.07) is 5.33. The number of rotatable bonds is 8. The number of nitrogens with one attached hydrogen (secondary N) is 1. The number of carbonyl (C=O) groups excluding carboxylic acids is 2. The number of thiophene rings is 1. The molecule has 8 heteroatoms. The summed E-state index contributed by atoms with van der Waals surface area (Å²) in [6.07, 6.45) is 3.82. The SMILES string of the molecule is CCOC(=O)c1cc(CC)sc1NC(=O)/C=C/c1cc(Br)c(OC)c(OC)c1. The third-order valence-electron chi connectivity index (χ3n) is 3.75. The molecule has 150 valence electrons. The van der Waals surface area contributed by atoms with Crippen LogP contribution in [-0.2, 0) is 16.0 Å². The van der Waals surface area contributed by atoms with E-state index in [1.54, 1.807) is 39.4 Å². The van der Waals surface area contributed by atoms with Gasteiger partial charge in [0, 0.05) is 11.0 Å². The van der Waals surface area contributed by atoms with Gasteiger partial charge in [0.2, 0.25) is 5.91 Å². The first-order valence-electron chi connectivity index (χ1n) is 8.63. The smallest absolute Gasteiger partial charge is 0.341 e. The van der Waals surface area contributed by atoms with Crippen molar-refractivity contribution in [3.05, 3.63) is 44.8 Å². The van der Waals surface area contributed by atoms with Crippen molar-refractivity contribution in [2.75, 3.05) is 26.1 Å². The third kappa shape index (κ3) is 5.36. The molecule has 0 saturated carbocycles. The van der Waals surface area contributed by atoms with Crippen molar-refractivity contribution >= 4 is 50.2 Å². The van der Waals surface area contributed by atoms with Gasteiger partial charge in [0.05, 0.1) is 30.9 Å². The molecule has 6 nitrogen and oxygen atoms in total. The fourth-order valence-corrected chi connectivity index (χ4v) is 4.04. The molecule has 0 aliphatic rings. The number of amides is 1. The van der Waals surface area contributed by atoms with Crippen LogP contribution >= 0.6 is 27.3 Å². The van der Waals surface area contributed by atoms with Gasteiger partial charge in [-0.1, -0.05) is 6.92 Å². The second kappa shape index (κ2) is 10.3. The number of ether oxygens (including phenoxy) is 3. The van der Waals surface area contributed by atoms with Gasteiger partial charge >= 0.3 is 5.97 Å². The lowest BCUT2D eigenvalue weighted by Gasteiger charge is -2.10. The van der Waals surface area contributed by atoms with E-state index in [2.05, 4.69) is 21.2 Å². The Balaban J connectivity index is 2.19. The number of methoxy groups -OCH3 is 2. The van der Waals surface area contributed by atoms with Crippen LogP contribution in [0.1, 0.15) is 34.6 Å². The first-order chi connectivity index (χ1) is 13.4. The molecular formula is C20H22BrNO5S. The Morgan fingerprint density at radius 2 is 1.93 bits per heavy atom. The van der Waals surface area contributed by atoms with Gasteiger partial charge in [-0.05, 0) is 59.1 Å². The topological polar surface area (TPSA) is 73.9 Å². The highest BCUT2D eigenvalue weighted by Crippen LogP contribution is 2.36. The molecular weight excluding hydrogens is 446 g/mol. The lowest BCUT2D eigenvalue weighted by atomic mass is 10.2. The van der Waals surface area contributed by atoms with Gasteiger partial charge < -0.3 is 19.5 Å². The van der Waals surface area contributed by atoms with Crippen molar-refractivity contribution in [2.45, 2.75) is 20.3 Å². The van der Waals surface area contributed by atoms with Gasteiger partial charge in [0.15, 0.2) is 11.5 Å². The number of halogens is 1. The molecule has 0 atom stereocenters. The summed E-state index contributed by atoms with van der Waals surface area (Å²) in [5.74, 6) is 0.337. The maximum absolute atomic E-state index is 12.4. The molecule has 1 amide bonds. The van der Waals surface area contributed by atoms with E-state index in [4.69, 9.17) is 14.2 Å². The van der Waals surface area contributed by atoms with Crippen molar-refractivity contribution < 1.29 is 23.8 Å². The zero-order valence-corrected chi connectivity index (χ0v) is 18.5. The highest BCUT2D eigenvalue weighted by molar-refractivity contribution is 9.10. The second-order valence-corrected chi connectivity index (χ2v) is 7.58. The highest BCUT2D eigenvalue weighted by atomic mass is 79.9. The van der Waals surface area contributed by atoms with Crippen LogP contribution in [0.4, 0.5) is 5.00 Å². The largest absolute Gasteiger partial charge is 0.493 e. The molecule has 0 aliphatic carbocycles. The zero-order valence-electron chi connectivity index (χ0n) is 16.1. The van der Waals surface area contributed by atoms with Crippen LogP contribution in [0.5, 0.6) is 11.5 Å². The van der Waals surface area contributed by atoms with Gasteiger partial charge in [-0.15, -0.1) is 11.3 Å². The number of benzene rings is 1. The van der Waals surface area contributed by atoms with Crippen molar-refractivity contribution in [3.63, 3.8) is 0 Å². The van der Waals surface area contributed by atoms with Crippen LogP contribution in [0.2, 0.25) is 0 Å². The Morgan fingerprint density at radius 1 is 1.18 bits per heavy atom. The molecule has 0 bridgehead atoms. The summed E-state index contributed by atoms with van der Waals surface area (Å²) >= 11 is 4.79. The summed E-state index contributed by atoms with van der Waals surface area (Å²) < 4.78 is 16.4. The molecule has 28 heavy (non-hydrogen) atoms. The number of hydrogen-bond donors (Lipinski definition) is 1. The molecule has 0 aliphatic heterocycles.